The van der Waals surface area contributed by atoms with Crippen molar-refractivity contribution in [1.29, 1.82) is 0 Å². The van der Waals surface area contributed by atoms with Gasteiger partial charge in [0.15, 0.2) is 16.5 Å². The Morgan fingerprint density at radius 3 is 2.54 bits per heavy atom. The van der Waals surface area contributed by atoms with E-state index in [2.05, 4.69) is 9.97 Å². The molecule has 0 aliphatic carbocycles. The molecule has 0 unspecified atom stereocenters. The topological polar surface area (TPSA) is 121 Å². The first kappa shape index (κ1) is 26.3. The molecule has 1 aromatic carbocycles. The molecule has 1 aliphatic heterocycles. The molecule has 196 valence electrons. The summed E-state index contributed by atoms with van der Waals surface area (Å²) in [4.78, 5) is 33.2. The molecule has 0 saturated carbocycles. The zero-order chi connectivity index (χ0) is 27.1. The van der Waals surface area contributed by atoms with Crippen molar-refractivity contribution in [2.45, 2.75) is 37.6 Å². The van der Waals surface area contributed by atoms with Crippen LogP contribution in [-0.4, -0.2) is 43.5 Å². The summed E-state index contributed by atoms with van der Waals surface area (Å²) in [7, 11) is -3.30. The number of methoxy groups -OCH3 is 1. The van der Waals surface area contributed by atoms with E-state index in [9.17, 15) is 26.8 Å². The van der Waals surface area contributed by atoms with Crippen LogP contribution in [0.2, 0.25) is 0 Å². The van der Waals surface area contributed by atoms with E-state index in [1.54, 1.807) is 0 Å². The largest absolute Gasteiger partial charge is 0.494 e. The number of nitrogens with zero attached hydrogens (tertiary/aromatic N) is 2. The minimum atomic E-state index is -4.51. The van der Waals surface area contributed by atoms with Crippen molar-refractivity contribution in [3.8, 4) is 17.0 Å². The van der Waals surface area contributed by atoms with E-state index in [0.29, 0.717) is 6.54 Å². The van der Waals surface area contributed by atoms with Gasteiger partial charge >= 0.3 is 0 Å². The molecular weight excluding hydrogens is 506 g/mol. The fourth-order valence-electron chi connectivity index (χ4n) is 4.68. The number of sulfonamides is 1. The van der Waals surface area contributed by atoms with Crippen molar-refractivity contribution >= 4 is 21.7 Å². The third-order valence-corrected chi connectivity index (χ3v) is 7.64. The average Bonchev–Trinajstić information content (AvgIpc) is 3.11. The molecule has 4 rings (SSSR count). The predicted octanol–water partition coefficient (Wildman–Crippen LogP) is 3.47. The van der Waals surface area contributed by atoms with Crippen molar-refractivity contribution in [1.82, 2.24) is 14.7 Å². The number of carbonyl (C=O) groups is 1. The molecule has 1 amide bonds. The van der Waals surface area contributed by atoms with Crippen LogP contribution in [-0.2, 0) is 10.0 Å². The Bertz CT molecular complexity index is 1540. The minimum absolute atomic E-state index is 0.0447. The van der Waals surface area contributed by atoms with Crippen molar-refractivity contribution in [2.75, 3.05) is 18.6 Å². The molecule has 3 aromatic rings. The SMILES string of the molecule is COc1ccc(-c2ccc(C(=O)NS(=O)(=O)c3ccc[nH]c3=O)c(N3C[C@@H](C)CC3(C)C)n2)c(F)c1F. The number of aromatic nitrogens is 2. The van der Waals surface area contributed by atoms with Gasteiger partial charge in [0, 0.05) is 23.8 Å². The monoisotopic (exact) mass is 532 g/mol. The summed E-state index contributed by atoms with van der Waals surface area (Å²) in [5.41, 5.74) is -1.57. The maximum absolute atomic E-state index is 14.9. The highest BCUT2D eigenvalue weighted by atomic mass is 32.2. The summed E-state index contributed by atoms with van der Waals surface area (Å²) in [5.74, 6) is -3.31. The van der Waals surface area contributed by atoms with Gasteiger partial charge < -0.3 is 14.6 Å². The molecule has 9 nitrogen and oxygen atoms in total. The van der Waals surface area contributed by atoms with Crippen LogP contribution >= 0.6 is 0 Å². The van der Waals surface area contributed by atoms with Crippen LogP contribution in [0, 0.1) is 17.6 Å². The number of benzene rings is 1. The first-order valence-corrected chi connectivity index (χ1v) is 12.9. The lowest BCUT2D eigenvalue weighted by Crippen LogP contribution is -2.41. The zero-order valence-corrected chi connectivity index (χ0v) is 21.4. The Labute approximate surface area is 212 Å². The van der Waals surface area contributed by atoms with Gasteiger partial charge in [-0.1, -0.05) is 6.92 Å². The van der Waals surface area contributed by atoms with E-state index in [1.165, 1.54) is 43.6 Å². The molecule has 37 heavy (non-hydrogen) atoms. The molecule has 1 atom stereocenters. The average molecular weight is 533 g/mol. The number of anilines is 1. The standard InChI is InChI=1S/C25H26F2N4O5S/c1-14-12-25(2,3)31(13-14)22-16(23(32)30-37(34,35)19-6-5-11-28-24(19)33)7-9-17(29-22)15-8-10-18(36-4)21(27)20(15)26/h5-11,14H,12-13H2,1-4H3,(H,28,33)(H,30,32)/t14-/m0/s1. The van der Waals surface area contributed by atoms with Crippen molar-refractivity contribution < 1.29 is 26.7 Å². The summed E-state index contributed by atoms with van der Waals surface area (Å²) in [6, 6.07) is 7.58. The third kappa shape index (κ3) is 4.93. The molecular formula is C25H26F2N4O5S. The Kier molecular flexibility index (Phi) is 6.80. The van der Waals surface area contributed by atoms with Gasteiger partial charge in [-0.05, 0) is 62.6 Å². The minimum Gasteiger partial charge on any atom is -0.494 e. The molecule has 2 N–H and O–H groups in total. The summed E-state index contributed by atoms with van der Waals surface area (Å²) >= 11 is 0. The maximum Gasteiger partial charge on any atom is 0.269 e. The fraction of sp³-hybridized carbons (Fsp3) is 0.320. The Morgan fingerprint density at radius 1 is 1.19 bits per heavy atom. The van der Waals surface area contributed by atoms with Gasteiger partial charge in [-0.2, -0.15) is 4.39 Å². The quantitative estimate of drug-likeness (QED) is 0.499. The van der Waals surface area contributed by atoms with E-state index in [-0.39, 0.29) is 34.3 Å². The van der Waals surface area contributed by atoms with Crippen LogP contribution in [0.25, 0.3) is 11.3 Å². The van der Waals surface area contributed by atoms with E-state index in [4.69, 9.17) is 4.74 Å². The van der Waals surface area contributed by atoms with E-state index < -0.39 is 43.6 Å². The first-order valence-electron chi connectivity index (χ1n) is 11.4. The number of aromatic amines is 1. The lowest BCUT2D eigenvalue weighted by atomic mass is 9.97. The highest BCUT2D eigenvalue weighted by molar-refractivity contribution is 7.90. The van der Waals surface area contributed by atoms with Crippen molar-refractivity contribution in [3.05, 3.63) is 70.1 Å². The number of nitrogens with one attached hydrogen (secondary N) is 2. The Hall–Kier alpha value is -3.80. The summed E-state index contributed by atoms with van der Waals surface area (Å²) in [5, 5.41) is 0. The van der Waals surface area contributed by atoms with Crippen LogP contribution in [0.15, 0.2) is 52.3 Å². The highest BCUT2D eigenvalue weighted by Crippen LogP contribution is 2.39. The number of pyridine rings is 2. The number of carbonyl (C=O) groups excluding carboxylic acids is 1. The van der Waals surface area contributed by atoms with Crippen molar-refractivity contribution in [3.63, 3.8) is 0 Å². The number of ether oxygens (including phenoxy) is 1. The summed E-state index contributed by atoms with van der Waals surface area (Å²) in [6.45, 7) is 6.41. The van der Waals surface area contributed by atoms with Gasteiger partial charge in [-0.25, -0.2) is 22.5 Å². The van der Waals surface area contributed by atoms with Crippen LogP contribution in [0.3, 0.4) is 0 Å². The summed E-state index contributed by atoms with van der Waals surface area (Å²) < 4.78 is 61.6. The smallest absolute Gasteiger partial charge is 0.269 e. The Morgan fingerprint density at radius 2 is 1.92 bits per heavy atom. The molecule has 2 aromatic heterocycles. The first-order chi connectivity index (χ1) is 17.4. The lowest BCUT2D eigenvalue weighted by Gasteiger charge is -2.34. The fourth-order valence-corrected chi connectivity index (χ4v) is 5.70. The van der Waals surface area contributed by atoms with Crippen LogP contribution in [0.5, 0.6) is 5.75 Å². The second-order valence-electron chi connectivity index (χ2n) is 9.54. The van der Waals surface area contributed by atoms with Crippen LogP contribution < -0.4 is 19.9 Å². The number of rotatable bonds is 6. The number of amides is 1. The molecule has 1 fully saturated rings. The predicted molar refractivity (Wildman–Crippen MR) is 133 cm³/mol. The molecule has 3 heterocycles. The molecule has 1 saturated heterocycles. The molecule has 0 bridgehead atoms. The second-order valence-corrected chi connectivity index (χ2v) is 11.2. The normalized spacial score (nSPS) is 17.0. The number of halogens is 2. The summed E-state index contributed by atoms with van der Waals surface area (Å²) in [6.07, 6.45) is 2.02. The lowest BCUT2D eigenvalue weighted by molar-refractivity contribution is 0.0981. The molecule has 0 radical (unpaired) electrons. The highest BCUT2D eigenvalue weighted by Gasteiger charge is 2.39. The molecule has 12 heteroatoms. The number of H-pyrrole nitrogens is 1. The van der Waals surface area contributed by atoms with Gasteiger partial charge in [-0.15, -0.1) is 0 Å². The third-order valence-electron chi connectivity index (χ3n) is 6.29. The molecule has 0 spiro atoms. The van der Waals surface area contributed by atoms with Crippen LogP contribution in [0.4, 0.5) is 14.6 Å². The van der Waals surface area contributed by atoms with Gasteiger partial charge in [0.05, 0.1) is 18.4 Å². The van der Waals surface area contributed by atoms with Gasteiger partial charge in [0.2, 0.25) is 5.82 Å². The molecule has 1 aliphatic rings. The van der Waals surface area contributed by atoms with Gasteiger partial charge in [-0.3, -0.25) is 9.59 Å². The van der Waals surface area contributed by atoms with Crippen LogP contribution in [0.1, 0.15) is 37.6 Å². The van der Waals surface area contributed by atoms with E-state index in [1.807, 2.05) is 30.4 Å². The Balaban J connectivity index is 1.83. The maximum atomic E-state index is 14.9. The van der Waals surface area contributed by atoms with E-state index in [0.717, 1.165) is 12.5 Å². The van der Waals surface area contributed by atoms with Crippen molar-refractivity contribution in [2.24, 2.45) is 5.92 Å². The number of hydrogen-bond acceptors (Lipinski definition) is 7. The zero-order valence-electron chi connectivity index (χ0n) is 20.6. The number of hydrogen-bond donors (Lipinski definition) is 2. The van der Waals surface area contributed by atoms with Gasteiger partial charge in [0.1, 0.15) is 5.82 Å². The van der Waals surface area contributed by atoms with E-state index >= 15 is 0 Å². The van der Waals surface area contributed by atoms with Gasteiger partial charge in [0.25, 0.3) is 21.5 Å². The second kappa shape index (κ2) is 9.58.